The lowest BCUT2D eigenvalue weighted by atomic mass is 9.73. The predicted octanol–water partition coefficient (Wildman–Crippen LogP) is 3.81. The van der Waals surface area contributed by atoms with E-state index >= 15 is 0 Å². The number of nitrogens with zero attached hydrogens (tertiary/aromatic N) is 1. The van der Waals surface area contributed by atoms with E-state index in [4.69, 9.17) is 4.74 Å². The molecule has 2 saturated heterocycles. The summed E-state index contributed by atoms with van der Waals surface area (Å²) in [7, 11) is 0. The zero-order valence-electron chi connectivity index (χ0n) is 16.9. The van der Waals surface area contributed by atoms with Crippen LogP contribution in [0, 0.1) is 23.0 Å². The average Bonchev–Trinajstić information content (AvgIpc) is 3.25. The molecule has 30 heavy (non-hydrogen) atoms. The first-order valence-electron chi connectivity index (χ1n) is 10.5. The van der Waals surface area contributed by atoms with Crippen LogP contribution in [0.5, 0.6) is 0 Å². The number of likely N-dealkylation sites (tertiary alicyclic amines) is 1. The second-order valence-corrected chi connectivity index (χ2v) is 8.44. The number of aliphatic hydroxyl groups is 1. The number of rotatable bonds is 5. The van der Waals surface area contributed by atoms with Crippen LogP contribution in [0.1, 0.15) is 24.8 Å². The summed E-state index contributed by atoms with van der Waals surface area (Å²) < 4.78 is 32.9. The Kier molecular flexibility index (Phi) is 6.16. The lowest BCUT2D eigenvalue weighted by Gasteiger charge is -2.39. The molecule has 0 bridgehead atoms. The molecule has 2 aromatic rings. The molecule has 4 rings (SSSR count). The summed E-state index contributed by atoms with van der Waals surface area (Å²) in [5.74, 6) is -1.51. The van der Waals surface area contributed by atoms with Crippen molar-refractivity contribution in [1.29, 1.82) is 0 Å². The first kappa shape index (κ1) is 20.9. The third kappa shape index (κ3) is 4.12. The normalized spacial score (nSPS) is 21.0. The molecule has 2 aromatic carbocycles. The fraction of sp³-hybridized carbons (Fsp3) is 0.458. The highest BCUT2D eigenvalue weighted by molar-refractivity contribution is 5.84. The van der Waals surface area contributed by atoms with Gasteiger partial charge < -0.3 is 14.7 Å². The molecule has 2 heterocycles. The van der Waals surface area contributed by atoms with Crippen molar-refractivity contribution >= 4 is 5.91 Å². The number of ether oxygens (including phenoxy) is 1. The van der Waals surface area contributed by atoms with Crippen molar-refractivity contribution in [1.82, 2.24) is 4.90 Å². The molecule has 1 N–H and O–H groups in total. The van der Waals surface area contributed by atoms with Gasteiger partial charge in [-0.15, -0.1) is 0 Å². The lowest BCUT2D eigenvalue weighted by molar-refractivity contribution is -0.147. The molecule has 160 valence electrons. The molecule has 1 amide bonds. The number of hydrogen-bond donors (Lipinski definition) is 1. The first-order valence-corrected chi connectivity index (χ1v) is 10.5. The maximum Gasteiger partial charge on any atom is 0.229 e. The van der Waals surface area contributed by atoms with Crippen molar-refractivity contribution in [3.8, 4) is 11.1 Å². The molecule has 2 fully saturated rings. The number of halogens is 2. The number of amides is 1. The zero-order valence-corrected chi connectivity index (χ0v) is 16.9. The number of carbonyl (C=O) groups is 1. The minimum absolute atomic E-state index is 0.0961. The average molecular weight is 415 g/mol. The number of aliphatic hydroxyl groups excluding tert-OH is 1. The van der Waals surface area contributed by atoms with Gasteiger partial charge in [0, 0.05) is 38.8 Å². The van der Waals surface area contributed by atoms with Crippen molar-refractivity contribution in [2.45, 2.75) is 25.7 Å². The maximum atomic E-state index is 13.9. The smallest absolute Gasteiger partial charge is 0.229 e. The van der Waals surface area contributed by atoms with Gasteiger partial charge >= 0.3 is 0 Å². The number of hydrogen-bond acceptors (Lipinski definition) is 3. The van der Waals surface area contributed by atoms with Crippen molar-refractivity contribution in [3.63, 3.8) is 0 Å². The Morgan fingerprint density at radius 3 is 2.60 bits per heavy atom. The molecule has 2 aliphatic rings. The standard InChI is InChI=1S/C24H27F2NO3/c25-21-6-5-18(13-22(21)26)20-4-2-1-3-19(20)14-24(8-11-30-12-9-24)23(29)27-10-7-17(15-27)16-28/h1-6,13,17,28H,7-12,14-16H2. The quantitative estimate of drug-likeness (QED) is 0.808. The van der Waals surface area contributed by atoms with E-state index in [2.05, 4.69) is 0 Å². The third-order valence-corrected chi connectivity index (χ3v) is 6.51. The van der Waals surface area contributed by atoms with Gasteiger partial charge in [-0.1, -0.05) is 30.3 Å². The molecule has 0 aromatic heterocycles. The van der Waals surface area contributed by atoms with Crippen LogP contribution in [-0.2, 0) is 16.0 Å². The highest BCUT2D eigenvalue weighted by Crippen LogP contribution is 2.40. The fourth-order valence-corrected chi connectivity index (χ4v) is 4.71. The summed E-state index contributed by atoms with van der Waals surface area (Å²) in [6.45, 7) is 2.39. The van der Waals surface area contributed by atoms with Crippen molar-refractivity contribution < 1.29 is 23.4 Å². The van der Waals surface area contributed by atoms with E-state index in [0.29, 0.717) is 51.1 Å². The van der Waals surface area contributed by atoms with Crippen molar-refractivity contribution in [2.24, 2.45) is 11.3 Å². The minimum Gasteiger partial charge on any atom is -0.396 e. The summed E-state index contributed by atoms with van der Waals surface area (Å²) in [5, 5.41) is 9.46. The summed E-state index contributed by atoms with van der Waals surface area (Å²) in [6, 6.07) is 11.5. The summed E-state index contributed by atoms with van der Waals surface area (Å²) in [4.78, 5) is 15.5. The van der Waals surface area contributed by atoms with E-state index in [9.17, 15) is 18.7 Å². The van der Waals surface area contributed by atoms with Crippen LogP contribution in [0.3, 0.4) is 0 Å². The minimum atomic E-state index is -0.883. The van der Waals surface area contributed by atoms with Crippen LogP contribution in [-0.4, -0.2) is 48.8 Å². The predicted molar refractivity (Wildman–Crippen MR) is 110 cm³/mol. The van der Waals surface area contributed by atoms with Crippen LogP contribution >= 0.6 is 0 Å². The van der Waals surface area contributed by atoms with Crippen LogP contribution < -0.4 is 0 Å². The van der Waals surface area contributed by atoms with Gasteiger partial charge in [-0.2, -0.15) is 0 Å². The Labute approximate surface area is 175 Å². The second kappa shape index (κ2) is 8.82. The van der Waals surface area contributed by atoms with Gasteiger partial charge in [-0.25, -0.2) is 8.78 Å². The summed E-state index contributed by atoms with van der Waals surface area (Å²) >= 11 is 0. The van der Waals surface area contributed by atoms with Crippen molar-refractivity contribution in [3.05, 3.63) is 59.7 Å². The molecule has 0 saturated carbocycles. The Hall–Kier alpha value is -2.31. The highest BCUT2D eigenvalue weighted by atomic mass is 19.2. The topological polar surface area (TPSA) is 49.8 Å². The van der Waals surface area contributed by atoms with E-state index in [1.165, 1.54) is 6.07 Å². The van der Waals surface area contributed by atoms with Crippen LogP contribution in [0.25, 0.3) is 11.1 Å². The van der Waals surface area contributed by atoms with E-state index < -0.39 is 17.0 Å². The molecule has 0 radical (unpaired) electrons. The Morgan fingerprint density at radius 1 is 1.13 bits per heavy atom. The molecule has 1 unspecified atom stereocenters. The summed E-state index contributed by atoms with van der Waals surface area (Å²) in [6.07, 6.45) is 2.58. The van der Waals surface area contributed by atoms with Crippen LogP contribution in [0.15, 0.2) is 42.5 Å². The molecule has 0 aliphatic carbocycles. The molecule has 1 atom stereocenters. The van der Waals surface area contributed by atoms with E-state index in [-0.39, 0.29) is 18.4 Å². The van der Waals surface area contributed by atoms with Gasteiger partial charge in [-0.05, 0) is 54.5 Å². The molecule has 4 nitrogen and oxygen atoms in total. The molecule has 6 heteroatoms. The molecule has 0 spiro atoms. The van der Waals surface area contributed by atoms with Gasteiger partial charge in [0.15, 0.2) is 11.6 Å². The maximum absolute atomic E-state index is 13.9. The largest absolute Gasteiger partial charge is 0.396 e. The van der Waals surface area contributed by atoms with Gasteiger partial charge in [-0.3, -0.25) is 4.79 Å². The number of benzene rings is 2. The van der Waals surface area contributed by atoms with Gasteiger partial charge in [0.2, 0.25) is 5.91 Å². The van der Waals surface area contributed by atoms with Gasteiger partial charge in [0.05, 0.1) is 5.41 Å². The monoisotopic (exact) mass is 415 g/mol. The Morgan fingerprint density at radius 2 is 1.90 bits per heavy atom. The first-order chi connectivity index (χ1) is 14.5. The fourth-order valence-electron chi connectivity index (χ4n) is 4.71. The lowest BCUT2D eigenvalue weighted by Crippen LogP contribution is -2.47. The SMILES string of the molecule is O=C(N1CCC(CO)C1)C1(Cc2ccccc2-c2ccc(F)c(F)c2)CCOCC1. The van der Waals surface area contributed by atoms with Crippen molar-refractivity contribution in [2.75, 3.05) is 32.9 Å². The van der Waals surface area contributed by atoms with E-state index in [1.807, 2.05) is 29.2 Å². The second-order valence-electron chi connectivity index (χ2n) is 8.44. The van der Waals surface area contributed by atoms with Crippen LogP contribution in [0.4, 0.5) is 8.78 Å². The van der Waals surface area contributed by atoms with Gasteiger partial charge in [0.25, 0.3) is 0 Å². The molecule has 2 aliphatic heterocycles. The summed E-state index contributed by atoms with van der Waals surface area (Å²) in [5.41, 5.74) is 1.76. The van der Waals surface area contributed by atoms with Crippen LogP contribution in [0.2, 0.25) is 0 Å². The number of carbonyl (C=O) groups excluding carboxylic acids is 1. The highest BCUT2D eigenvalue weighted by Gasteiger charge is 2.44. The zero-order chi connectivity index (χ0) is 21.1. The van der Waals surface area contributed by atoms with E-state index in [1.54, 1.807) is 6.07 Å². The third-order valence-electron chi connectivity index (χ3n) is 6.51. The Balaban J connectivity index is 1.66. The molecular formula is C24H27F2NO3. The van der Waals surface area contributed by atoms with Gasteiger partial charge in [0.1, 0.15) is 0 Å². The van der Waals surface area contributed by atoms with E-state index in [0.717, 1.165) is 23.6 Å². The Bertz CT molecular complexity index is 911. The molecular weight excluding hydrogens is 388 g/mol.